The van der Waals surface area contributed by atoms with Crippen LogP contribution in [0.25, 0.3) is 0 Å². The number of rotatable bonds is 7. The first kappa shape index (κ1) is 20.8. The fraction of sp³-hybridized carbons (Fsp3) is 0.250. The number of ether oxygens (including phenoxy) is 1. The van der Waals surface area contributed by atoms with E-state index >= 15 is 0 Å². The molecule has 4 nitrogen and oxygen atoms in total. The number of anilines is 1. The van der Waals surface area contributed by atoms with Gasteiger partial charge in [-0.3, -0.25) is 4.98 Å². The third-order valence-electron chi connectivity index (χ3n) is 4.79. The molecule has 0 aliphatic heterocycles. The molecule has 0 radical (unpaired) electrons. The van der Waals surface area contributed by atoms with Crippen LogP contribution in [0.5, 0.6) is 5.75 Å². The summed E-state index contributed by atoms with van der Waals surface area (Å²) in [4.78, 5) is 6.38. The molecule has 0 saturated carbocycles. The minimum absolute atomic E-state index is 0.649. The standard InChI is InChI=1S/C24H27N3OS/c1-4-19-8-10-20(11-9-19)16-27(17-21-6-5-13-25-15-21)24(29)26-22-12-7-18(2)14-23(22)28-3/h5-15H,4,16-17H2,1-3H3,(H,26,29). The second-order valence-corrected chi connectivity index (χ2v) is 7.41. The maximum absolute atomic E-state index is 5.78. The molecular weight excluding hydrogens is 378 g/mol. The largest absolute Gasteiger partial charge is 0.495 e. The Kier molecular flexibility index (Phi) is 7.19. The second-order valence-electron chi connectivity index (χ2n) is 7.02. The number of aryl methyl sites for hydroxylation is 2. The average Bonchev–Trinajstić information content (AvgIpc) is 2.75. The van der Waals surface area contributed by atoms with Crippen LogP contribution < -0.4 is 10.1 Å². The maximum Gasteiger partial charge on any atom is 0.174 e. The minimum Gasteiger partial charge on any atom is -0.495 e. The van der Waals surface area contributed by atoms with Crippen molar-refractivity contribution in [2.75, 3.05) is 12.4 Å². The summed E-state index contributed by atoms with van der Waals surface area (Å²) < 4.78 is 5.52. The Hall–Kier alpha value is -2.92. The number of nitrogens with zero attached hydrogens (tertiary/aromatic N) is 2. The van der Waals surface area contributed by atoms with E-state index in [-0.39, 0.29) is 0 Å². The van der Waals surface area contributed by atoms with Gasteiger partial charge in [0.25, 0.3) is 0 Å². The lowest BCUT2D eigenvalue weighted by atomic mass is 10.1. The van der Waals surface area contributed by atoms with E-state index < -0.39 is 0 Å². The summed E-state index contributed by atoms with van der Waals surface area (Å²) >= 11 is 5.78. The number of hydrogen-bond acceptors (Lipinski definition) is 3. The predicted octanol–water partition coefficient (Wildman–Crippen LogP) is 5.36. The van der Waals surface area contributed by atoms with Crippen molar-refractivity contribution in [3.05, 3.63) is 89.2 Å². The Morgan fingerprint density at radius 2 is 1.76 bits per heavy atom. The van der Waals surface area contributed by atoms with Crippen LogP contribution in [0.2, 0.25) is 0 Å². The van der Waals surface area contributed by atoms with Crippen LogP contribution >= 0.6 is 12.2 Å². The molecule has 3 aromatic rings. The molecule has 1 heterocycles. The van der Waals surface area contributed by atoms with E-state index in [2.05, 4.69) is 52.5 Å². The minimum atomic E-state index is 0.649. The van der Waals surface area contributed by atoms with Crippen molar-refractivity contribution >= 4 is 23.0 Å². The van der Waals surface area contributed by atoms with Crippen LogP contribution in [0.3, 0.4) is 0 Å². The van der Waals surface area contributed by atoms with Gasteiger partial charge in [-0.05, 0) is 66.0 Å². The first-order valence-electron chi connectivity index (χ1n) is 9.76. The van der Waals surface area contributed by atoms with E-state index in [0.717, 1.165) is 29.0 Å². The Morgan fingerprint density at radius 1 is 1.03 bits per heavy atom. The van der Waals surface area contributed by atoms with Crippen LogP contribution in [0.1, 0.15) is 29.2 Å². The van der Waals surface area contributed by atoms with Gasteiger partial charge in [-0.1, -0.05) is 43.3 Å². The lowest BCUT2D eigenvalue weighted by molar-refractivity contribution is 0.408. The highest BCUT2D eigenvalue weighted by molar-refractivity contribution is 7.80. The Morgan fingerprint density at radius 3 is 2.41 bits per heavy atom. The van der Waals surface area contributed by atoms with Crippen LogP contribution in [0.4, 0.5) is 5.69 Å². The van der Waals surface area contributed by atoms with Gasteiger partial charge in [0, 0.05) is 25.5 Å². The van der Waals surface area contributed by atoms with E-state index in [1.165, 1.54) is 11.1 Å². The zero-order valence-electron chi connectivity index (χ0n) is 17.2. The van der Waals surface area contributed by atoms with Crippen molar-refractivity contribution in [1.29, 1.82) is 0 Å². The SMILES string of the molecule is CCc1ccc(CN(Cc2cccnc2)C(=S)Nc2ccc(C)cc2OC)cc1. The average molecular weight is 406 g/mol. The van der Waals surface area contributed by atoms with Gasteiger partial charge in [-0.25, -0.2) is 0 Å². The van der Waals surface area contributed by atoms with Gasteiger partial charge < -0.3 is 15.0 Å². The van der Waals surface area contributed by atoms with Gasteiger partial charge >= 0.3 is 0 Å². The molecule has 29 heavy (non-hydrogen) atoms. The number of benzene rings is 2. The van der Waals surface area contributed by atoms with Gasteiger partial charge in [0.1, 0.15) is 5.75 Å². The summed E-state index contributed by atoms with van der Waals surface area (Å²) in [6.45, 7) is 5.58. The van der Waals surface area contributed by atoms with E-state index in [1.54, 1.807) is 13.3 Å². The zero-order chi connectivity index (χ0) is 20.6. The monoisotopic (exact) mass is 405 g/mol. The highest BCUT2D eigenvalue weighted by Crippen LogP contribution is 2.26. The highest BCUT2D eigenvalue weighted by Gasteiger charge is 2.14. The smallest absolute Gasteiger partial charge is 0.174 e. The number of methoxy groups -OCH3 is 1. The summed E-state index contributed by atoms with van der Waals surface area (Å²) in [6, 6.07) is 18.8. The number of aromatic nitrogens is 1. The summed E-state index contributed by atoms with van der Waals surface area (Å²) in [7, 11) is 1.67. The molecule has 0 saturated heterocycles. The summed E-state index contributed by atoms with van der Waals surface area (Å²) in [6.07, 6.45) is 4.69. The molecule has 0 aliphatic carbocycles. The van der Waals surface area contributed by atoms with Crippen LogP contribution in [0, 0.1) is 6.92 Å². The first-order valence-corrected chi connectivity index (χ1v) is 10.2. The molecule has 0 amide bonds. The van der Waals surface area contributed by atoms with E-state index in [4.69, 9.17) is 17.0 Å². The predicted molar refractivity (Wildman–Crippen MR) is 123 cm³/mol. The Labute approximate surface area is 178 Å². The molecule has 0 atom stereocenters. The zero-order valence-corrected chi connectivity index (χ0v) is 18.0. The van der Waals surface area contributed by atoms with Gasteiger partial charge in [0.15, 0.2) is 5.11 Å². The van der Waals surface area contributed by atoms with Gasteiger partial charge in [-0.2, -0.15) is 0 Å². The molecular formula is C24H27N3OS. The van der Waals surface area contributed by atoms with Crippen molar-refractivity contribution < 1.29 is 4.74 Å². The van der Waals surface area contributed by atoms with Gasteiger partial charge in [0.2, 0.25) is 0 Å². The number of hydrogen-bond donors (Lipinski definition) is 1. The topological polar surface area (TPSA) is 37.4 Å². The fourth-order valence-electron chi connectivity index (χ4n) is 3.11. The number of nitrogens with one attached hydrogen (secondary N) is 1. The molecule has 5 heteroatoms. The molecule has 0 spiro atoms. The summed E-state index contributed by atoms with van der Waals surface area (Å²) in [5, 5.41) is 4.01. The van der Waals surface area contributed by atoms with E-state index in [0.29, 0.717) is 18.2 Å². The van der Waals surface area contributed by atoms with Crippen molar-refractivity contribution in [3.8, 4) is 5.75 Å². The molecule has 0 fully saturated rings. The van der Waals surface area contributed by atoms with Crippen LogP contribution in [-0.4, -0.2) is 22.1 Å². The lowest BCUT2D eigenvalue weighted by Gasteiger charge is -2.27. The Bertz CT molecular complexity index is 942. The first-order chi connectivity index (χ1) is 14.1. The highest BCUT2D eigenvalue weighted by atomic mass is 32.1. The summed E-state index contributed by atoms with van der Waals surface area (Å²) in [5.74, 6) is 0.779. The van der Waals surface area contributed by atoms with Gasteiger partial charge in [-0.15, -0.1) is 0 Å². The number of thiocarbonyl (C=S) groups is 1. The van der Waals surface area contributed by atoms with Crippen LogP contribution in [0.15, 0.2) is 67.0 Å². The second kappa shape index (κ2) is 10.0. The van der Waals surface area contributed by atoms with Crippen molar-refractivity contribution in [2.45, 2.75) is 33.4 Å². The molecule has 150 valence electrons. The molecule has 0 aliphatic rings. The molecule has 1 aromatic heterocycles. The third-order valence-corrected chi connectivity index (χ3v) is 5.15. The van der Waals surface area contributed by atoms with Crippen molar-refractivity contribution in [3.63, 3.8) is 0 Å². The number of pyridine rings is 1. The molecule has 3 rings (SSSR count). The quantitative estimate of drug-likeness (QED) is 0.536. The normalized spacial score (nSPS) is 10.4. The van der Waals surface area contributed by atoms with E-state index in [1.807, 2.05) is 37.4 Å². The van der Waals surface area contributed by atoms with Crippen molar-refractivity contribution in [1.82, 2.24) is 9.88 Å². The maximum atomic E-state index is 5.78. The van der Waals surface area contributed by atoms with Gasteiger partial charge in [0.05, 0.1) is 12.8 Å². The lowest BCUT2D eigenvalue weighted by Crippen LogP contribution is -2.34. The Balaban J connectivity index is 1.82. The van der Waals surface area contributed by atoms with E-state index in [9.17, 15) is 0 Å². The molecule has 1 N–H and O–H groups in total. The fourth-order valence-corrected chi connectivity index (χ4v) is 3.35. The van der Waals surface area contributed by atoms with Crippen LogP contribution in [-0.2, 0) is 19.5 Å². The molecule has 0 unspecified atom stereocenters. The third kappa shape index (κ3) is 5.78. The summed E-state index contributed by atoms with van der Waals surface area (Å²) in [5.41, 5.74) is 5.66. The molecule has 2 aromatic carbocycles. The van der Waals surface area contributed by atoms with Crippen molar-refractivity contribution in [2.24, 2.45) is 0 Å². The molecule has 0 bridgehead atoms.